The van der Waals surface area contributed by atoms with Crippen LogP contribution in [0.3, 0.4) is 0 Å². The average molecular weight is 405 g/mol. The molecule has 2 aromatic rings. The molecule has 3 rings (SSSR count). The number of sulfonamides is 1. The summed E-state index contributed by atoms with van der Waals surface area (Å²) >= 11 is 0. The Morgan fingerprint density at radius 1 is 1.21 bits per heavy atom. The zero-order valence-corrected chi connectivity index (χ0v) is 17.0. The van der Waals surface area contributed by atoms with Gasteiger partial charge in [0.25, 0.3) is 0 Å². The van der Waals surface area contributed by atoms with Crippen molar-refractivity contribution in [3.05, 3.63) is 53.1 Å². The number of aromatic nitrogens is 1. The molecular weight excluding hydrogens is 381 g/mol. The number of rotatable bonds is 4. The molecule has 6 nitrogen and oxygen atoms in total. The smallest absolute Gasteiger partial charge is 0.243 e. The van der Waals surface area contributed by atoms with Crippen molar-refractivity contribution < 1.29 is 17.6 Å². The predicted molar refractivity (Wildman–Crippen MR) is 105 cm³/mol. The van der Waals surface area contributed by atoms with E-state index in [0.717, 1.165) is 29.1 Å². The fraction of sp³-hybridized carbons (Fsp3) is 0.400. The van der Waals surface area contributed by atoms with E-state index in [4.69, 9.17) is 0 Å². The largest absolute Gasteiger partial charge is 0.324 e. The maximum Gasteiger partial charge on any atom is 0.243 e. The Bertz CT molecular complexity index is 967. The third-order valence-corrected chi connectivity index (χ3v) is 6.86. The van der Waals surface area contributed by atoms with Gasteiger partial charge in [0.05, 0.1) is 22.2 Å². The van der Waals surface area contributed by atoms with E-state index in [-0.39, 0.29) is 17.3 Å². The van der Waals surface area contributed by atoms with Gasteiger partial charge in [0.2, 0.25) is 15.9 Å². The van der Waals surface area contributed by atoms with Crippen LogP contribution in [0.1, 0.15) is 29.8 Å². The second-order valence-electron chi connectivity index (χ2n) is 7.19. The van der Waals surface area contributed by atoms with E-state index in [2.05, 4.69) is 10.3 Å². The molecule has 0 radical (unpaired) electrons. The molecule has 0 saturated carbocycles. The molecule has 28 heavy (non-hydrogen) atoms. The van der Waals surface area contributed by atoms with Crippen LogP contribution in [0.15, 0.2) is 35.2 Å². The number of aryl methyl sites for hydroxylation is 3. The summed E-state index contributed by atoms with van der Waals surface area (Å²) in [5.41, 5.74) is 3.21. The van der Waals surface area contributed by atoms with Crippen LogP contribution in [0.2, 0.25) is 0 Å². The predicted octanol–water partition coefficient (Wildman–Crippen LogP) is 3.19. The quantitative estimate of drug-likeness (QED) is 0.847. The number of carbonyl (C=O) groups is 1. The number of carbonyl (C=O) groups excluding carboxylic acids is 1. The highest BCUT2D eigenvalue weighted by Crippen LogP contribution is 2.26. The molecule has 1 amide bonds. The Labute approximate surface area is 164 Å². The maximum atomic E-state index is 13.1. The summed E-state index contributed by atoms with van der Waals surface area (Å²) in [6, 6.07) is 6.64. The van der Waals surface area contributed by atoms with Crippen LogP contribution in [0.4, 0.5) is 10.1 Å². The zero-order valence-electron chi connectivity index (χ0n) is 16.2. The van der Waals surface area contributed by atoms with Gasteiger partial charge in [-0.25, -0.2) is 12.8 Å². The van der Waals surface area contributed by atoms with Crippen molar-refractivity contribution in [3.8, 4) is 0 Å². The van der Waals surface area contributed by atoms with Crippen LogP contribution in [-0.4, -0.2) is 36.7 Å². The molecule has 0 spiro atoms. The number of nitrogens with zero attached hydrogens (tertiary/aromatic N) is 2. The minimum absolute atomic E-state index is 0.0318. The van der Waals surface area contributed by atoms with Gasteiger partial charge in [-0.1, -0.05) is 0 Å². The molecule has 1 aliphatic heterocycles. The molecule has 1 fully saturated rings. The summed E-state index contributed by atoms with van der Waals surface area (Å²) in [6.07, 6.45) is 1.20. The number of pyridine rings is 1. The number of amides is 1. The van der Waals surface area contributed by atoms with Crippen LogP contribution in [0, 0.1) is 32.5 Å². The summed E-state index contributed by atoms with van der Waals surface area (Å²) in [5.74, 6) is -1.16. The van der Waals surface area contributed by atoms with Gasteiger partial charge in [-0.15, -0.1) is 0 Å². The number of hydrogen-bond acceptors (Lipinski definition) is 4. The third-order valence-electron chi connectivity index (χ3n) is 4.98. The van der Waals surface area contributed by atoms with Crippen molar-refractivity contribution in [3.63, 3.8) is 0 Å². The molecule has 8 heteroatoms. The minimum Gasteiger partial charge on any atom is -0.324 e. The lowest BCUT2D eigenvalue weighted by molar-refractivity contribution is -0.120. The van der Waals surface area contributed by atoms with Gasteiger partial charge < -0.3 is 5.32 Å². The summed E-state index contributed by atoms with van der Waals surface area (Å²) < 4.78 is 40.1. The SMILES string of the molecule is Cc1cc(C)c(NC(=O)C2CCCN(S(=O)(=O)c3ccc(F)cc3)C2)c(C)n1. The van der Waals surface area contributed by atoms with Crippen molar-refractivity contribution in [2.75, 3.05) is 18.4 Å². The molecule has 1 N–H and O–H groups in total. The first-order valence-electron chi connectivity index (χ1n) is 9.20. The molecule has 0 aliphatic carbocycles. The van der Waals surface area contributed by atoms with Crippen LogP contribution < -0.4 is 5.32 Å². The number of nitrogens with one attached hydrogen (secondary N) is 1. The van der Waals surface area contributed by atoms with E-state index in [1.807, 2.05) is 26.8 Å². The van der Waals surface area contributed by atoms with Crippen molar-refractivity contribution in [2.45, 2.75) is 38.5 Å². The summed E-state index contributed by atoms with van der Waals surface area (Å²) in [7, 11) is -3.77. The summed E-state index contributed by atoms with van der Waals surface area (Å²) in [5, 5.41) is 2.92. The standard InChI is InChI=1S/C20H24FN3O3S/c1-13-11-14(2)22-15(3)19(13)23-20(25)16-5-4-10-24(12-16)28(26,27)18-8-6-17(21)7-9-18/h6-9,11,16H,4-5,10,12H2,1-3H3,(H,23,25). The molecule has 1 aromatic heterocycles. The van der Waals surface area contributed by atoms with Gasteiger partial charge in [0.15, 0.2) is 0 Å². The highest BCUT2D eigenvalue weighted by Gasteiger charge is 2.33. The van der Waals surface area contributed by atoms with E-state index in [1.165, 1.54) is 16.4 Å². The topological polar surface area (TPSA) is 79.4 Å². The van der Waals surface area contributed by atoms with Crippen LogP contribution >= 0.6 is 0 Å². The lowest BCUT2D eigenvalue weighted by atomic mass is 9.98. The number of benzene rings is 1. The van der Waals surface area contributed by atoms with Gasteiger partial charge in [-0.2, -0.15) is 4.31 Å². The molecular formula is C20H24FN3O3S. The van der Waals surface area contributed by atoms with E-state index < -0.39 is 21.8 Å². The van der Waals surface area contributed by atoms with E-state index in [0.29, 0.717) is 25.1 Å². The fourth-order valence-corrected chi connectivity index (χ4v) is 5.09. The average Bonchev–Trinajstić information content (AvgIpc) is 2.65. The summed E-state index contributed by atoms with van der Waals surface area (Å²) in [4.78, 5) is 17.2. The van der Waals surface area contributed by atoms with Crippen LogP contribution in [0.25, 0.3) is 0 Å². The lowest BCUT2D eigenvalue weighted by Gasteiger charge is -2.31. The zero-order chi connectivity index (χ0) is 20.5. The molecule has 1 saturated heterocycles. The number of piperidine rings is 1. The normalized spacial score (nSPS) is 18.1. The van der Waals surface area contributed by atoms with E-state index >= 15 is 0 Å². The molecule has 1 aromatic carbocycles. The number of hydrogen-bond donors (Lipinski definition) is 1. The first-order chi connectivity index (χ1) is 13.2. The van der Waals surface area contributed by atoms with Crippen LogP contribution in [-0.2, 0) is 14.8 Å². The first-order valence-corrected chi connectivity index (χ1v) is 10.6. The van der Waals surface area contributed by atoms with Gasteiger partial charge in [0, 0.05) is 18.8 Å². The maximum absolute atomic E-state index is 13.1. The van der Waals surface area contributed by atoms with Gasteiger partial charge in [-0.3, -0.25) is 9.78 Å². The monoisotopic (exact) mass is 405 g/mol. The fourth-order valence-electron chi connectivity index (χ4n) is 3.57. The molecule has 1 atom stereocenters. The Kier molecular flexibility index (Phi) is 5.81. The summed E-state index contributed by atoms with van der Waals surface area (Å²) in [6.45, 7) is 6.08. The van der Waals surface area contributed by atoms with Gasteiger partial charge >= 0.3 is 0 Å². The molecule has 150 valence electrons. The van der Waals surface area contributed by atoms with E-state index in [9.17, 15) is 17.6 Å². The van der Waals surface area contributed by atoms with Crippen molar-refractivity contribution in [2.24, 2.45) is 5.92 Å². The number of halogens is 1. The Morgan fingerprint density at radius 2 is 1.89 bits per heavy atom. The third kappa shape index (κ3) is 4.23. The van der Waals surface area contributed by atoms with Crippen molar-refractivity contribution in [1.82, 2.24) is 9.29 Å². The van der Waals surface area contributed by atoms with Gasteiger partial charge in [0.1, 0.15) is 5.82 Å². The Morgan fingerprint density at radius 3 is 2.54 bits per heavy atom. The van der Waals surface area contributed by atoms with Crippen molar-refractivity contribution >= 4 is 21.6 Å². The second kappa shape index (κ2) is 7.97. The Hall–Kier alpha value is -2.32. The highest BCUT2D eigenvalue weighted by atomic mass is 32.2. The Balaban J connectivity index is 1.76. The minimum atomic E-state index is -3.77. The molecule has 2 heterocycles. The molecule has 1 aliphatic rings. The lowest BCUT2D eigenvalue weighted by Crippen LogP contribution is -2.43. The first kappa shape index (κ1) is 20.4. The molecule has 1 unspecified atom stereocenters. The molecule has 0 bridgehead atoms. The van der Waals surface area contributed by atoms with Crippen LogP contribution in [0.5, 0.6) is 0 Å². The number of anilines is 1. The van der Waals surface area contributed by atoms with Crippen molar-refractivity contribution in [1.29, 1.82) is 0 Å². The van der Waals surface area contributed by atoms with E-state index in [1.54, 1.807) is 0 Å². The van der Waals surface area contributed by atoms with Gasteiger partial charge in [-0.05, 0) is 69.5 Å². The highest BCUT2D eigenvalue weighted by molar-refractivity contribution is 7.89. The second-order valence-corrected chi connectivity index (χ2v) is 9.12.